The minimum absolute atomic E-state index is 0.199. The summed E-state index contributed by atoms with van der Waals surface area (Å²) in [6, 6.07) is 9.21. The van der Waals surface area contributed by atoms with Gasteiger partial charge in [0.1, 0.15) is 6.07 Å². The Hall–Kier alpha value is -1.12. The maximum Gasteiger partial charge on any atom is 0.339 e. The van der Waals surface area contributed by atoms with Crippen molar-refractivity contribution in [3.05, 3.63) is 35.4 Å². The van der Waals surface area contributed by atoms with Gasteiger partial charge in [0, 0.05) is 11.5 Å². The first-order chi connectivity index (χ1) is 8.31. The van der Waals surface area contributed by atoms with E-state index in [9.17, 15) is 4.79 Å². The number of benzene rings is 1. The fourth-order valence-corrected chi connectivity index (χ4v) is 4.37. The molecule has 1 fully saturated rings. The first-order valence-corrected chi connectivity index (χ1v) is 7.28. The van der Waals surface area contributed by atoms with Crippen LogP contribution in [0, 0.1) is 11.3 Å². The number of nitrogens with zero attached hydrogens (tertiary/aromatic N) is 1. The number of hydrogen-bond donors (Lipinski definition) is 0. The summed E-state index contributed by atoms with van der Waals surface area (Å²) in [5.41, 5.74) is 1.73. The second kappa shape index (κ2) is 5.99. The van der Waals surface area contributed by atoms with Gasteiger partial charge in [-0.05, 0) is 17.7 Å². The molecule has 0 saturated carbocycles. The fourth-order valence-electron chi connectivity index (χ4n) is 1.51. The number of carbonyl (C=O) groups excluding carboxylic acids is 1. The minimum Gasteiger partial charge on any atom is -0.447 e. The number of thioether (sulfide) groups is 2. The average Bonchev–Trinajstić information content (AvgIpc) is 2.90. The van der Waals surface area contributed by atoms with E-state index in [0.717, 1.165) is 0 Å². The zero-order valence-corrected chi connectivity index (χ0v) is 10.7. The summed E-state index contributed by atoms with van der Waals surface area (Å²) < 4.78 is 5.22. The van der Waals surface area contributed by atoms with E-state index < -0.39 is 5.97 Å². The highest BCUT2D eigenvalue weighted by molar-refractivity contribution is 8.19. The van der Waals surface area contributed by atoms with Gasteiger partial charge in [0.15, 0.2) is 6.61 Å². The van der Waals surface area contributed by atoms with E-state index in [1.807, 2.05) is 35.7 Å². The molecule has 17 heavy (non-hydrogen) atoms. The molecule has 0 atom stereocenters. The number of ether oxygens (including phenoxy) is 1. The first kappa shape index (κ1) is 12.3. The van der Waals surface area contributed by atoms with Crippen LogP contribution in [0.3, 0.4) is 0 Å². The van der Waals surface area contributed by atoms with Crippen LogP contribution >= 0.6 is 23.5 Å². The summed E-state index contributed by atoms with van der Waals surface area (Å²) in [5.74, 6) is 1.92. The molecule has 0 N–H and O–H groups in total. The van der Waals surface area contributed by atoms with Crippen molar-refractivity contribution in [3.63, 3.8) is 0 Å². The predicted molar refractivity (Wildman–Crippen MR) is 70.0 cm³/mol. The summed E-state index contributed by atoms with van der Waals surface area (Å²) in [6.45, 7) is -0.199. The Morgan fingerprint density at radius 3 is 2.59 bits per heavy atom. The molecule has 88 valence electrons. The van der Waals surface area contributed by atoms with Gasteiger partial charge in [-0.1, -0.05) is 12.1 Å². The third-order valence-corrected chi connectivity index (χ3v) is 5.41. The van der Waals surface area contributed by atoms with Gasteiger partial charge in [-0.15, -0.1) is 23.5 Å². The van der Waals surface area contributed by atoms with Crippen molar-refractivity contribution in [2.24, 2.45) is 0 Å². The second-order valence-electron chi connectivity index (χ2n) is 3.43. The molecule has 5 heteroatoms. The van der Waals surface area contributed by atoms with Crippen LogP contribution in [0.5, 0.6) is 0 Å². The van der Waals surface area contributed by atoms with E-state index in [-0.39, 0.29) is 6.61 Å². The first-order valence-electron chi connectivity index (χ1n) is 5.18. The third kappa shape index (κ3) is 3.18. The van der Waals surface area contributed by atoms with Gasteiger partial charge < -0.3 is 4.74 Å². The van der Waals surface area contributed by atoms with Crippen molar-refractivity contribution in [3.8, 4) is 6.07 Å². The van der Waals surface area contributed by atoms with E-state index in [2.05, 4.69) is 0 Å². The van der Waals surface area contributed by atoms with Crippen LogP contribution in [0.25, 0.3) is 0 Å². The summed E-state index contributed by atoms with van der Waals surface area (Å²) in [4.78, 5) is 11.5. The fraction of sp³-hybridized carbons (Fsp3) is 0.333. The number of esters is 1. The monoisotopic (exact) mass is 265 g/mol. The quantitative estimate of drug-likeness (QED) is 0.787. The molecule has 1 saturated heterocycles. The maximum absolute atomic E-state index is 11.5. The molecule has 0 bridgehead atoms. The molecule has 0 spiro atoms. The van der Waals surface area contributed by atoms with Crippen molar-refractivity contribution in [1.82, 2.24) is 0 Å². The normalized spacial score (nSPS) is 15.5. The van der Waals surface area contributed by atoms with Crippen LogP contribution < -0.4 is 0 Å². The van der Waals surface area contributed by atoms with Crippen molar-refractivity contribution in [2.45, 2.75) is 4.58 Å². The van der Waals surface area contributed by atoms with E-state index in [4.69, 9.17) is 10.00 Å². The van der Waals surface area contributed by atoms with Crippen molar-refractivity contribution in [2.75, 3.05) is 18.1 Å². The summed E-state index contributed by atoms with van der Waals surface area (Å²) in [7, 11) is 0. The molecule has 0 aromatic heterocycles. The summed E-state index contributed by atoms with van der Waals surface area (Å²) >= 11 is 3.85. The molecule has 1 aliphatic rings. The third-order valence-electron chi connectivity index (χ3n) is 2.31. The Morgan fingerprint density at radius 1 is 1.35 bits per heavy atom. The highest BCUT2D eigenvalue weighted by Crippen LogP contribution is 2.45. The van der Waals surface area contributed by atoms with Crippen LogP contribution in [-0.4, -0.2) is 24.1 Å². The molecule has 1 aromatic rings. The molecule has 2 rings (SSSR count). The zero-order valence-electron chi connectivity index (χ0n) is 9.09. The lowest BCUT2D eigenvalue weighted by Crippen LogP contribution is -2.05. The smallest absolute Gasteiger partial charge is 0.339 e. The Kier molecular flexibility index (Phi) is 4.35. The van der Waals surface area contributed by atoms with Gasteiger partial charge in [0.2, 0.25) is 0 Å². The van der Waals surface area contributed by atoms with Gasteiger partial charge in [0.05, 0.1) is 10.1 Å². The van der Waals surface area contributed by atoms with Gasteiger partial charge in [-0.2, -0.15) is 5.26 Å². The van der Waals surface area contributed by atoms with E-state index in [1.165, 1.54) is 17.1 Å². The highest BCUT2D eigenvalue weighted by Gasteiger charge is 2.18. The molecule has 0 unspecified atom stereocenters. The molecular weight excluding hydrogens is 254 g/mol. The summed E-state index contributed by atoms with van der Waals surface area (Å²) in [6.07, 6.45) is 0. The molecule has 0 amide bonds. The van der Waals surface area contributed by atoms with Crippen molar-refractivity contribution < 1.29 is 9.53 Å². The zero-order chi connectivity index (χ0) is 12.1. The number of rotatable bonds is 3. The van der Waals surface area contributed by atoms with Gasteiger partial charge in [-0.25, -0.2) is 4.79 Å². The lowest BCUT2D eigenvalue weighted by molar-refractivity contribution is 0.0555. The number of hydrogen-bond acceptors (Lipinski definition) is 5. The van der Waals surface area contributed by atoms with Crippen LogP contribution in [0.15, 0.2) is 24.3 Å². The summed E-state index contributed by atoms with van der Waals surface area (Å²) in [5, 5.41) is 8.32. The molecule has 1 heterocycles. The minimum atomic E-state index is -0.440. The maximum atomic E-state index is 11.5. The Balaban J connectivity index is 2.02. The van der Waals surface area contributed by atoms with Crippen molar-refractivity contribution in [1.29, 1.82) is 5.26 Å². The largest absolute Gasteiger partial charge is 0.447 e. The lowest BCUT2D eigenvalue weighted by Gasteiger charge is -2.08. The Bertz CT molecular complexity index is 433. The number of carbonyl (C=O) groups is 1. The molecule has 1 aromatic carbocycles. The Labute approximate surface area is 109 Å². The highest BCUT2D eigenvalue weighted by atomic mass is 32.2. The van der Waals surface area contributed by atoms with Crippen LogP contribution in [0.1, 0.15) is 20.5 Å². The topological polar surface area (TPSA) is 50.1 Å². The van der Waals surface area contributed by atoms with Crippen LogP contribution in [-0.2, 0) is 4.74 Å². The van der Waals surface area contributed by atoms with E-state index in [0.29, 0.717) is 10.1 Å². The SMILES string of the molecule is N#CCOC(=O)c1ccc(C2SCCS2)cc1. The number of nitriles is 1. The van der Waals surface area contributed by atoms with Crippen LogP contribution in [0.2, 0.25) is 0 Å². The second-order valence-corrected chi connectivity index (χ2v) is 6.15. The Morgan fingerprint density at radius 2 is 2.00 bits per heavy atom. The molecule has 0 aliphatic carbocycles. The predicted octanol–water partition coefficient (Wildman–Crippen LogP) is 2.85. The lowest BCUT2D eigenvalue weighted by atomic mass is 10.1. The van der Waals surface area contributed by atoms with Crippen molar-refractivity contribution >= 4 is 29.5 Å². The van der Waals surface area contributed by atoms with Crippen LogP contribution in [0.4, 0.5) is 0 Å². The molecule has 0 radical (unpaired) electrons. The molecular formula is C12H11NO2S2. The van der Waals surface area contributed by atoms with E-state index >= 15 is 0 Å². The van der Waals surface area contributed by atoms with E-state index in [1.54, 1.807) is 18.2 Å². The van der Waals surface area contributed by atoms with Gasteiger partial charge >= 0.3 is 5.97 Å². The average molecular weight is 265 g/mol. The van der Waals surface area contributed by atoms with Gasteiger partial charge in [-0.3, -0.25) is 0 Å². The molecule has 3 nitrogen and oxygen atoms in total. The standard InChI is InChI=1S/C12H11NO2S2/c13-5-6-15-11(14)9-1-3-10(4-2-9)12-16-7-8-17-12/h1-4,12H,6-8H2. The molecule has 1 aliphatic heterocycles. The van der Waals surface area contributed by atoms with Gasteiger partial charge in [0.25, 0.3) is 0 Å².